The van der Waals surface area contributed by atoms with E-state index in [4.69, 9.17) is 9.47 Å². The molecular weight excluding hydrogens is 342 g/mol. The van der Waals surface area contributed by atoms with Crippen LogP contribution >= 0.6 is 0 Å². The van der Waals surface area contributed by atoms with Crippen molar-refractivity contribution in [2.45, 2.75) is 64.1 Å². The number of likely N-dealkylation sites (tertiary alicyclic amines) is 1. The van der Waals surface area contributed by atoms with E-state index in [0.717, 1.165) is 55.8 Å². The van der Waals surface area contributed by atoms with E-state index in [2.05, 4.69) is 0 Å². The molecule has 1 aliphatic heterocycles. The summed E-state index contributed by atoms with van der Waals surface area (Å²) in [6.07, 6.45) is 5.79. The average molecular weight is 373 g/mol. The van der Waals surface area contributed by atoms with Crippen LogP contribution in [0.25, 0.3) is 0 Å². The number of benzene rings is 1. The van der Waals surface area contributed by atoms with E-state index in [0.29, 0.717) is 18.3 Å². The van der Waals surface area contributed by atoms with Gasteiger partial charge in [-0.3, -0.25) is 4.79 Å². The molecule has 1 spiro atoms. The van der Waals surface area contributed by atoms with E-state index in [9.17, 15) is 9.90 Å². The summed E-state index contributed by atoms with van der Waals surface area (Å²) < 4.78 is 11.6. The molecule has 1 amide bonds. The first-order valence-corrected chi connectivity index (χ1v) is 10.1. The number of aliphatic hydroxyl groups is 1. The van der Waals surface area contributed by atoms with Gasteiger partial charge in [0.15, 0.2) is 0 Å². The maximum absolute atomic E-state index is 12.5. The minimum atomic E-state index is -0.628. The van der Waals surface area contributed by atoms with Gasteiger partial charge in [-0.15, -0.1) is 0 Å². The van der Waals surface area contributed by atoms with Gasteiger partial charge in [0.25, 0.3) is 0 Å². The average Bonchev–Trinajstić information content (AvgIpc) is 2.59. The van der Waals surface area contributed by atoms with Crippen LogP contribution in [0, 0.1) is 18.3 Å². The van der Waals surface area contributed by atoms with Gasteiger partial charge in [-0.1, -0.05) is 6.07 Å². The van der Waals surface area contributed by atoms with E-state index in [1.165, 1.54) is 0 Å². The molecule has 2 aliphatic carbocycles. The van der Waals surface area contributed by atoms with Crippen LogP contribution in [-0.2, 0) is 4.79 Å². The van der Waals surface area contributed by atoms with Crippen LogP contribution in [0.5, 0.6) is 11.5 Å². The number of nitrogens with zero attached hydrogens (tertiary/aromatic N) is 1. The van der Waals surface area contributed by atoms with Crippen LogP contribution < -0.4 is 9.47 Å². The van der Waals surface area contributed by atoms with Gasteiger partial charge in [-0.05, 0) is 64.5 Å². The van der Waals surface area contributed by atoms with Crippen LogP contribution in [0.1, 0.15) is 51.0 Å². The van der Waals surface area contributed by atoms with E-state index < -0.39 is 5.60 Å². The van der Waals surface area contributed by atoms with Crippen LogP contribution in [0.15, 0.2) is 18.2 Å². The smallest absolute Gasteiger partial charge is 0.225 e. The normalized spacial score (nSPS) is 29.8. The van der Waals surface area contributed by atoms with Crippen LogP contribution in [0.3, 0.4) is 0 Å². The van der Waals surface area contributed by atoms with Gasteiger partial charge < -0.3 is 19.5 Å². The molecule has 1 aromatic carbocycles. The number of hydrogen-bond acceptors (Lipinski definition) is 4. The fourth-order valence-corrected chi connectivity index (χ4v) is 5.11. The molecule has 0 atom stereocenters. The molecule has 0 bridgehead atoms. The minimum Gasteiger partial charge on any atom is -0.496 e. The summed E-state index contributed by atoms with van der Waals surface area (Å²) in [6, 6.07) is 5.94. The van der Waals surface area contributed by atoms with E-state index in [1.807, 2.05) is 36.9 Å². The topological polar surface area (TPSA) is 59.0 Å². The van der Waals surface area contributed by atoms with Gasteiger partial charge in [0.1, 0.15) is 11.5 Å². The van der Waals surface area contributed by atoms with Crippen LogP contribution in [0.4, 0.5) is 0 Å². The van der Waals surface area contributed by atoms with Crippen molar-refractivity contribution in [1.29, 1.82) is 0 Å². The standard InChI is InChI=1S/C22H31NO4/c1-15-18(26-3)5-4-6-19(15)27-17-7-9-22(10-8-17)13-23(14-22)20(24)16-11-21(2,25)12-16/h4-6,16-17,25H,7-14H2,1-3H3. The Balaban J connectivity index is 1.26. The first-order valence-electron chi connectivity index (χ1n) is 10.1. The summed E-state index contributed by atoms with van der Waals surface area (Å²) in [6.45, 7) is 5.62. The lowest BCUT2D eigenvalue weighted by Gasteiger charge is -2.55. The summed E-state index contributed by atoms with van der Waals surface area (Å²) >= 11 is 0. The molecule has 3 aliphatic rings. The molecule has 1 heterocycles. The molecule has 1 saturated heterocycles. The second-order valence-corrected chi connectivity index (χ2v) is 9.20. The maximum Gasteiger partial charge on any atom is 0.225 e. The molecule has 4 rings (SSSR count). The zero-order chi connectivity index (χ0) is 19.2. The predicted octanol–water partition coefficient (Wildman–Crippen LogP) is 3.31. The third-order valence-corrected chi connectivity index (χ3v) is 6.83. The SMILES string of the molecule is COc1cccc(OC2CCC3(CC2)CN(C(=O)C2CC(C)(O)C2)C3)c1C. The van der Waals surface area contributed by atoms with Crippen LogP contribution in [-0.4, -0.2) is 47.8 Å². The second kappa shape index (κ2) is 6.69. The quantitative estimate of drug-likeness (QED) is 0.880. The highest BCUT2D eigenvalue weighted by atomic mass is 16.5. The Morgan fingerprint density at radius 1 is 1.19 bits per heavy atom. The highest BCUT2D eigenvalue weighted by Gasteiger charge is 2.51. The summed E-state index contributed by atoms with van der Waals surface area (Å²) in [5.74, 6) is 2.06. The Labute approximate surface area is 161 Å². The first-order chi connectivity index (χ1) is 12.8. The van der Waals surface area contributed by atoms with Gasteiger partial charge in [0, 0.05) is 30.0 Å². The highest BCUT2D eigenvalue weighted by Crippen LogP contribution is 2.47. The van der Waals surface area contributed by atoms with Crippen molar-refractivity contribution in [3.8, 4) is 11.5 Å². The Kier molecular flexibility index (Phi) is 4.61. The third-order valence-electron chi connectivity index (χ3n) is 6.83. The molecule has 5 heteroatoms. The maximum atomic E-state index is 12.5. The molecule has 2 saturated carbocycles. The summed E-state index contributed by atoms with van der Waals surface area (Å²) in [7, 11) is 1.69. The number of methoxy groups -OCH3 is 1. The van der Waals surface area contributed by atoms with Crippen molar-refractivity contribution in [1.82, 2.24) is 4.90 Å². The Hall–Kier alpha value is -1.75. The summed E-state index contributed by atoms with van der Waals surface area (Å²) in [5, 5.41) is 9.86. The zero-order valence-electron chi connectivity index (χ0n) is 16.7. The number of amides is 1. The second-order valence-electron chi connectivity index (χ2n) is 9.20. The molecule has 3 fully saturated rings. The molecule has 0 aromatic heterocycles. The number of hydrogen-bond donors (Lipinski definition) is 1. The van der Waals surface area contributed by atoms with E-state index >= 15 is 0 Å². The molecule has 27 heavy (non-hydrogen) atoms. The van der Waals surface area contributed by atoms with E-state index in [-0.39, 0.29) is 17.9 Å². The van der Waals surface area contributed by atoms with Gasteiger partial charge in [-0.2, -0.15) is 0 Å². The lowest BCUT2D eigenvalue weighted by Crippen LogP contribution is -2.63. The molecule has 0 unspecified atom stereocenters. The fraction of sp³-hybridized carbons (Fsp3) is 0.682. The Bertz CT molecular complexity index is 705. The molecule has 1 N–H and O–H groups in total. The summed E-state index contributed by atoms with van der Waals surface area (Å²) in [4.78, 5) is 14.5. The van der Waals surface area contributed by atoms with Crippen molar-refractivity contribution in [3.05, 3.63) is 23.8 Å². The Morgan fingerprint density at radius 2 is 1.81 bits per heavy atom. The monoisotopic (exact) mass is 373 g/mol. The van der Waals surface area contributed by atoms with Crippen molar-refractivity contribution < 1.29 is 19.4 Å². The predicted molar refractivity (Wildman–Crippen MR) is 103 cm³/mol. The number of carbonyl (C=O) groups is 1. The number of carbonyl (C=O) groups excluding carboxylic acids is 1. The minimum absolute atomic E-state index is 0.0352. The summed E-state index contributed by atoms with van der Waals surface area (Å²) in [5.41, 5.74) is 0.721. The molecule has 148 valence electrons. The lowest BCUT2D eigenvalue weighted by atomic mass is 9.66. The van der Waals surface area contributed by atoms with E-state index in [1.54, 1.807) is 7.11 Å². The first kappa shape index (κ1) is 18.6. The molecule has 0 radical (unpaired) electrons. The number of rotatable bonds is 4. The van der Waals surface area contributed by atoms with Gasteiger partial charge in [0.05, 0.1) is 18.8 Å². The molecule has 1 aromatic rings. The van der Waals surface area contributed by atoms with Crippen molar-refractivity contribution in [2.24, 2.45) is 11.3 Å². The molecular formula is C22H31NO4. The third kappa shape index (κ3) is 3.54. The van der Waals surface area contributed by atoms with Gasteiger partial charge in [-0.25, -0.2) is 0 Å². The molecule has 5 nitrogen and oxygen atoms in total. The Morgan fingerprint density at radius 3 is 2.41 bits per heavy atom. The lowest BCUT2D eigenvalue weighted by molar-refractivity contribution is -0.164. The van der Waals surface area contributed by atoms with Gasteiger partial charge >= 0.3 is 0 Å². The number of ether oxygens (including phenoxy) is 2. The van der Waals surface area contributed by atoms with Crippen molar-refractivity contribution in [2.75, 3.05) is 20.2 Å². The fourth-order valence-electron chi connectivity index (χ4n) is 5.11. The van der Waals surface area contributed by atoms with Crippen LogP contribution in [0.2, 0.25) is 0 Å². The largest absolute Gasteiger partial charge is 0.496 e. The zero-order valence-corrected chi connectivity index (χ0v) is 16.7. The van der Waals surface area contributed by atoms with Crippen molar-refractivity contribution >= 4 is 5.91 Å². The highest BCUT2D eigenvalue weighted by molar-refractivity contribution is 5.81. The van der Waals surface area contributed by atoms with Gasteiger partial charge in [0.2, 0.25) is 5.91 Å². The van der Waals surface area contributed by atoms with Crippen molar-refractivity contribution in [3.63, 3.8) is 0 Å².